The molecule has 0 spiro atoms. The van der Waals surface area contributed by atoms with E-state index in [2.05, 4.69) is 62.3 Å². The lowest BCUT2D eigenvalue weighted by atomic mass is 10.5. The molecule has 0 amide bonds. The molecule has 188 valence electrons. The molecule has 0 aromatic rings. The lowest BCUT2D eigenvalue weighted by molar-refractivity contribution is 0.842. The first kappa shape index (κ1) is 31.7. The molecule has 0 aliphatic heterocycles. The first-order valence-corrected chi connectivity index (χ1v) is 23.0. The van der Waals surface area contributed by atoms with E-state index in [1.54, 1.807) is 54.4 Å². The predicted molar refractivity (Wildman–Crippen MR) is 157 cm³/mol. The summed E-state index contributed by atoms with van der Waals surface area (Å²) in [5, 5.41) is 0. The smallest absolute Gasteiger partial charge is 0.0514 e. The van der Waals surface area contributed by atoms with Crippen molar-refractivity contribution >= 4 is 24.2 Å². The summed E-state index contributed by atoms with van der Waals surface area (Å²) in [4.78, 5) is 1.31. The highest BCUT2D eigenvalue weighted by molar-refractivity contribution is 7.15. The lowest BCUT2D eigenvalue weighted by Gasteiger charge is -2.59. The van der Waals surface area contributed by atoms with Gasteiger partial charge in [0, 0.05) is 0 Å². The largest absolute Gasteiger partial charge is 0.0657 e. The minimum Gasteiger partial charge on any atom is -0.0657 e. The average molecular weight is 485 g/mol. The molecule has 0 N–H and O–H groups in total. The molecular formula is C28H64Si3. The van der Waals surface area contributed by atoms with Gasteiger partial charge in [-0.25, -0.2) is 0 Å². The fraction of sp³-hybridized carbons (Fsp3) is 1.00. The summed E-state index contributed by atoms with van der Waals surface area (Å²) in [6.07, 6.45) is 13.2. The predicted octanol–water partition coefficient (Wildman–Crippen LogP) is 11.5. The number of hydrogen-bond acceptors (Lipinski definition) is 0. The molecule has 0 aromatic heterocycles. The Balaban J connectivity index is 7.25. The van der Waals surface area contributed by atoms with Gasteiger partial charge in [0.05, 0.1) is 24.2 Å². The first-order chi connectivity index (χ1) is 14.9. The van der Waals surface area contributed by atoms with Gasteiger partial charge in [-0.15, -0.1) is 0 Å². The molecule has 0 aromatic carbocycles. The molecule has 0 saturated carbocycles. The van der Waals surface area contributed by atoms with E-state index in [-0.39, 0.29) is 0 Å². The van der Waals surface area contributed by atoms with Gasteiger partial charge < -0.3 is 0 Å². The van der Waals surface area contributed by atoms with Crippen molar-refractivity contribution in [3.8, 4) is 0 Å². The van der Waals surface area contributed by atoms with E-state index in [0.29, 0.717) is 0 Å². The molecular weight excluding hydrogens is 421 g/mol. The van der Waals surface area contributed by atoms with Crippen LogP contribution >= 0.6 is 0 Å². The Kier molecular flexibility index (Phi) is 17.5. The Hall–Kier alpha value is 0.651. The van der Waals surface area contributed by atoms with Crippen LogP contribution in [0.25, 0.3) is 0 Å². The highest BCUT2D eigenvalue weighted by Crippen LogP contribution is 2.56. The normalized spacial score (nSPS) is 13.4. The lowest BCUT2D eigenvalue weighted by Crippen LogP contribution is -2.65. The quantitative estimate of drug-likeness (QED) is 0.142. The monoisotopic (exact) mass is 484 g/mol. The molecule has 0 bridgehead atoms. The summed E-state index contributed by atoms with van der Waals surface area (Å²) >= 11 is 0. The van der Waals surface area contributed by atoms with Gasteiger partial charge >= 0.3 is 0 Å². The Bertz CT molecular complexity index is 308. The molecule has 0 rings (SSSR count). The third-order valence-electron chi connectivity index (χ3n) is 8.57. The van der Waals surface area contributed by atoms with Crippen molar-refractivity contribution in [1.82, 2.24) is 0 Å². The van der Waals surface area contributed by atoms with Crippen LogP contribution in [-0.4, -0.2) is 24.2 Å². The molecule has 0 unspecified atom stereocenters. The summed E-state index contributed by atoms with van der Waals surface area (Å²) in [7, 11) is -3.89. The molecule has 0 atom stereocenters. The second kappa shape index (κ2) is 17.1. The van der Waals surface area contributed by atoms with Crippen molar-refractivity contribution in [3.63, 3.8) is 0 Å². The average Bonchev–Trinajstić information content (AvgIpc) is 2.70. The van der Waals surface area contributed by atoms with Gasteiger partial charge in [0.2, 0.25) is 0 Å². The second-order valence-corrected chi connectivity index (χ2v) is 27.4. The Morgan fingerprint density at radius 2 is 0.419 bits per heavy atom. The fourth-order valence-corrected chi connectivity index (χ4v) is 46.0. The van der Waals surface area contributed by atoms with Crippen molar-refractivity contribution < 1.29 is 0 Å². The molecule has 0 aliphatic carbocycles. The van der Waals surface area contributed by atoms with Gasteiger partial charge in [-0.1, -0.05) is 179 Å². The third-order valence-corrected chi connectivity index (χ3v) is 36.7. The minimum absolute atomic E-state index is 1.30. The zero-order valence-corrected chi connectivity index (χ0v) is 26.8. The van der Waals surface area contributed by atoms with Crippen LogP contribution in [-0.2, 0) is 0 Å². The topological polar surface area (TPSA) is 0 Å². The van der Waals surface area contributed by atoms with Crippen molar-refractivity contribution in [2.75, 3.05) is 0 Å². The summed E-state index contributed by atoms with van der Waals surface area (Å²) in [5.74, 6) is 0. The van der Waals surface area contributed by atoms with Gasteiger partial charge in [0.15, 0.2) is 0 Å². The van der Waals surface area contributed by atoms with Crippen LogP contribution < -0.4 is 0 Å². The molecule has 31 heavy (non-hydrogen) atoms. The van der Waals surface area contributed by atoms with Crippen molar-refractivity contribution in [1.29, 1.82) is 0 Å². The van der Waals surface area contributed by atoms with E-state index in [1.807, 2.05) is 0 Å². The molecule has 0 fully saturated rings. The van der Waals surface area contributed by atoms with Crippen LogP contribution in [0.3, 0.4) is 0 Å². The maximum atomic E-state index is 2.54. The summed E-state index contributed by atoms with van der Waals surface area (Å²) < 4.78 is 0. The van der Waals surface area contributed by atoms with Crippen molar-refractivity contribution in [2.24, 2.45) is 0 Å². The van der Waals surface area contributed by atoms with Crippen LogP contribution in [0.2, 0.25) is 59.2 Å². The van der Waals surface area contributed by atoms with Crippen molar-refractivity contribution in [3.05, 3.63) is 0 Å². The summed E-state index contributed by atoms with van der Waals surface area (Å²) in [5.41, 5.74) is 0. The highest BCUT2D eigenvalue weighted by atomic mass is 28.5. The van der Waals surface area contributed by atoms with Crippen LogP contribution in [0.4, 0.5) is 0 Å². The maximum Gasteiger partial charge on any atom is 0.0514 e. The standard InChI is InChI=1S/C28H64Si3/c1-10-19-29(20-11-2,21-12-3)28(30(22-13-4,23-14-5)24-15-6)31(25-16-7,26-17-8)27-18-9/h28H,10-27H2,1-9H3. The van der Waals surface area contributed by atoms with E-state index >= 15 is 0 Å². The number of rotatable bonds is 21. The molecule has 0 aliphatic rings. The van der Waals surface area contributed by atoms with E-state index in [0.717, 1.165) is 0 Å². The Labute approximate surface area is 203 Å². The van der Waals surface area contributed by atoms with E-state index in [4.69, 9.17) is 0 Å². The van der Waals surface area contributed by atoms with Gasteiger partial charge in [0.25, 0.3) is 0 Å². The SMILES string of the molecule is CCC[Si](CCC)(CCC)C([Si](CCC)(CCC)CCC)[Si](CCC)(CCC)CCC. The first-order valence-electron chi connectivity index (χ1n) is 14.9. The van der Waals surface area contributed by atoms with Crippen molar-refractivity contribution in [2.45, 2.75) is 179 Å². The van der Waals surface area contributed by atoms with E-state index in [1.165, 1.54) is 62.6 Å². The highest BCUT2D eigenvalue weighted by Gasteiger charge is 2.58. The molecule has 0 saturated heterocycles. The van der Waals surface area contributed by atoms with E-state index < -0.39 is 24.2 Å². The molecule has 0 heterocycles. The van der Waals surface area contributed by atoms with Crippen LogP contribution in [0.15, 0.2) is 0 Å². The Morgan fingerprint density at radius 1 is 0.290 bits per heavy atom. The summed E-state index contributed by atoms with van der Waals surface area (Å²) in [6.45, 7) is 22.8. The molecule has 3 heteroatoms. The second-order valence-electron chi connectivity index (χ2n) is 11.3. The minimum atomic E-state index is -1.30. The fourth-order valence-electron chi connectivity index (χ4n) is 8.85. The maximum absolute atomic E-state index is 2.54. The van der Waals surface area contributed by atoms with Gasteiger partial charge in [0.1, 0.15) is 0 Å². The van der Waals surface area contributed by atoms with Gasteiger partial charge in [-0.3, -0.25) is 0 Å². The van der Waals surface area contributed by atoms with Crippen LogP contribution in [0.1, 0.15) is 120 Å². The zero-order valence-electron chi connectivity index (χ0n) is 23.8. The van der Waals surface area contributed by atoms with Gasteiger partial charge in [-0.05, 0) is 0 Å². The molecule has 0 radical (unpaired) electrons. The number of hydrogen-bond donors (Lipinski definition) is 0. The zero-order chi connectivity index (χ0) is 23.8. The summed E-state index contributed by atoms with van der Waals surface area (Å²) in [6, 6.07) is 15.0. The Morgan fingerprint density at radius 3 is 0.516 bits per heavy atom. The van der Waals surface area contributed by atoms with Crippen LogP contribution in [0.5, 0.6) is 0 Å². The third kappa shape index (κ3) is 8.42. The van der Waals surface area contributed by atoms with E-state index in [9.17, 15) is 0 Å². The molecule has 0 nitrogen and oxygen atoms in total. The van der Waals surface area contributed by atoms with Crippen LogP contribution in [0, 0.1) is 0 Å². The van der Waals surface area contributed by atoms with Gasteiger partial charge in [-0.2, -0.15) is 0 Å².